The summed E-state index contributed by atoms with van der Waals surface area (Å²) in [6.07, 6.45) is 1.12. The topological polar surface area (TPSA) is 66.5 Å². The summed E-state index contributed by atoms with van der Waals surface area (Å²) >= 11 is 0. The molecular formula is C23H32N2O3S. The molecule has 0 saturated carbocycles. The summed E-state index contributed by atoms with van der Waals surface area (Å²) in [5, 5.41) is 2.94. The van der Waals surface area contributed by atoms with E-state index in [2.05, 4.69) is 38.2 Å². The zero-order valence-corrected chi connectivity index (χ0v) is 19.2. The molecule has 0 aliphatic rings. The zero-order chi connectivity index (χ0) is 22.0. The minimum absolute atomic E-state index is 0.0591. The Hall–Kier alpha value is -2.34. The smallest absolute Gasteiger partial charge is 0.244 e. The lowest BCUT2D eigenvalue weighted by atomic mass is 9.86. The van der Waals surface area contributed by atoms with Crippen LogP contribution < -0.4 is 9.62 Å². The molecule has 2 aromatic rings. The first-order chi connectivity index (χ1) is 13.3. The van der Waals surface area contributed by atoms with Crippen molar-refractivity contribution < 1.29 is 13.2 Å². The third kappa shape index (κ3) is 5.82. The number of anilines is 1. The van der Waals surface area contributed by atoms with Gasteiger partial charge in [-0.05, 0) is 49.4 Å². The average molecular weight is 417 g/mol. The third-order valence-electron chi connectivity index (χ3n) is 5.01. The highest BCUT2D eigenvalue weighted by molar-refractivity contribution is 7.92. The maximum absolute atomic E-state index is 12.9. The van der Waals surface area contributed by atoms with Gasteiger partial charge in [0.2, 0.25) is 15.9 Å². The fraction of sp³-hybridized carbons (Fsp3) is 0.435. The van der Waals surface area contributed by atoms with E-state index in [0.29, 0.717) is 5.69 Å². The Morgan fingerprint density at radius 1 is 0.966 bits per heavy atom. The van der Waals surface area contributed by atoms with Crippen molar-refractivity contribution in [1.82, 2.24) is 5.32 Å². The number of carbonyl (C=O) groups excluding carboxylic acids is 1. The molecule has 0 fully saturated rings. The van der Waals surface area contributed by atoms with Crippen LogP contribution in [0, 0.1) is 6.92 Å². The van der Waals surface area contributed by atoms with Gasteiger partial charge in [0, 0.05) is 0 Å². The molecule has 0 aliphatic heterocycles. The fourth-order valence-electron chi connectivity index (χ4n) is 3.19. The van der Waals surface area contributed by atoms with Gasteiger partial charge in [-0.1, -0.05) is 62.7 Å². The second-order valence-electron chi connectivity index (χ2n) is 8.67. The van der Waals surface area contributed by atoms with Crippen molar-refractivity contribution in [2.75, 3.05) is 10.6 Å². The Kier molecular flexibility index (Phi) is 6.78. The Labute approximate surface area is 175 Å². The number of nitrogens with zero attached hydrogens (tertiary/aromatic N) is 1. The van der Waals surface area contributed by atoms with Crippen LogP contribution in [0.15, 0.2) is 48.5 Å². The molecule has 0 aromatic heterocycles. The second-order valence-corrected chi connectivity index (χ2v) is 10.5. The Bertz CT molecular complexity index is 943. The molecule has 0 aliphatic carbocycles. The summed E-state index contributed by atoms with van der Waals surface area (Å²) in [6.45, 7) is 11.9. The lowest BCUT2D eigenvalue weighted by molar-refractivity contribution is -0.122. The molecule has 29 heavy (non-hydrogen) atoms. The van der Waals surface area contributed by atoms with Gasteiger partial charge in [0.15, 0.2) is 0 Å². The van der Waals surface area contributed by atoms with Crippen LogP contribution in [0.2, 0.25) is 0 Å². The highest BCUT2D eigenvalue weighted by Gasteiger charge is 2.29. The van der Waals surface area contributed by atoms with Gasteiger partial charge in [-0.3, -0.25) is 9.10 Å². The number of sulfonamides is 1. The largest absolute Gasteiger partial charge is 0.348 e. The van der Waals surface area contributed by atoms with Crippen LogP contribution in [0.1, 0.15) is 57.4 Å². The number of benzene rings is 2. The van der Waals surface area contributed by atoms with E-state index in [4.69, 9.17) is 0 Å². The van der Waals surface area contributed by atoms with Crippen LogP contribution >= 0.6 is 0 Å². The summed E-state index contributed by atoms with van der Waals surface area (Å²) in [4.78, 5) is 12.9. The molecule has 0 bridgehead atoms. The van der Waals surface area contributed by atoms with Crippen LogP contribution in [0.25, 0.3) is 0 Å². The standard InChI is InChI=1S/C23H32N2O3S/c1-16-8-14-21(15-9-16)25(29(7,27)28)18(3)22(26)24-17(2)19-10-12-20(13-11-19)23(4,5)6/h8-15,17-18H,1-7H3,(H,24,26)/t17-,18-/m1/s1. The summed E-state index contributed by atoms with van der Waals surface area (Å²) in [5.74, 6) is -0.344. The highest BCUT2D eigenvalue weighted by Crippen LogP contribution is 2.25. The minimum Gasteiger partial charge on any atom is -0.348 e. The summed E-state index contributed by atoms with van der Waals surface area (Å²) < 4.78 is 26.0. The number of aryl methyl sites for hydroxylation is 1. The van der Waals surface area contributed by atoms with E-state index in [0.717, 1.165) is 21.7 Å². The molecule has 5 nitrogen and oxygen atoms in total. The maximum atomic E-state index is 12.9. The first kappa shape index (κ1) is 22.9. The van der Waals surface area contributed by atoms with E-state index in [1.165, 1.54) is 5.56 Å². The maximum Gasteiger partial charge on any atom is 0.244 e. The molecule has 0 spiro atoms. The first-order valence-electron chi connectivity index (χ1n) is 9.77. The van der Waals surface area contributed by atoms with Crippen molar-refractivity contribution in [1.29, 1.82) is 0 Å². The van der Waals surface area contributed by atoms with Crippen LogP contribution in [0.3, 0.4) is 0 Å². The van der Waals surface area contributed by atoms with E-state index in [1.807, 2.05) is 38.1 Å². The number of carbonyl (C=O) groups is 1. The predicted octanol–water partition coefficient (Wildman–Crippen LogP) is 4.32. The molecular weight excluding hydrogens is 384 g/mol. The lowest BCUT2D eigenvalue weighted by Crippen LogP contribution is -2.48. The monoisotopic (exact) mass is 416 g/mol. The average Bonchev–Trinajstić information content (AvgIpc) is 2.61. The fourth-order valence-corrected chi connectivity index (χ4v) is 4.36. The molecule has 0 unspecified atom stereocenters. The highest BCUT2D eigenvalue weighted by atomic mass is 32.2. The zero-order valence-electron chi connectivity index (χ0n) is 18.4. The van der Waals surface area contributed by atoms with E-state index >= 15 is 0 Å². The van der Waals surface area contributed by atoms with Crippen molar-refractivity contribution in [2.45, 2.75) is 59.0 Å². The van der Waals surface area contributed by atoms with Crippen molar-refractivity contribution in [3.63, 3.8) is 0 Å². The number of hydrogen-bond donors (Lipinski definition) is 1. The second kappa shape index (κ2) is 8.57. The van der Waals surface area contributed by atoms with Gasteiger partial charge in [0.05, 0.1) is 18.0 Å². The van der Waals surface area contributed by atoms with Crippen LogP contribution in [-0.2, 0) is 20.2 Å². The molecule has 0 heterocycles. The SMILES string of the molecule is Cc1ccc(N([C@H](C)C(=O)N[C@H](C)c2ccc(C(C)(C)C)cc2)S(C)(=O)=O)cc1. The quantitative estimate of drug-likeness (QED) is 0.762. The van der Waals surface area contributed by atoms with E-state index in [9.17, 15) is 13.2 Å². The molecule has 0 saturated heterocycles. The number of amides is 1. The number of nitrogens with one attached hydrogen (secondary N) is 1. The van der Waals surface area contributed by atoms with Crippen molar-refractivity contribution >= 4 is 21.6 Å². The van der Waals surface area contributed by atoms with Gasteiger partial charge < -0.3 is 5.32 Å². The van der Waals surface area contributed by atoms with E-state index in [1.54, 1.807) is 19.1 Å². The van der Waals surface area contributed by atoms with Gasteiger partial charge in [-0.15, -0.1) is 0 Å². The van der Waals surface area contributed by atoms with Crippen LogP contribution in [-0.4, -0.2) is 26.6 Å². The van der Waals surface area contributed by atoms with Gasteiger partial charge in [0.1, 0.15) is 6.04 Å². The van der Waals surface area contributed by atoms with Crippen LogP contribution in [0.4, 0.5) is 5.69 Å². The van der Waals surface area contributed by atoms with Crippen molar-refractivity contribution in [3.05, 3.63) is 65.2 Å². The molecule has 6 heteroatoms. The molecule has 2 aromatic carbocycles. The molecule has 1 N–H and O–H groups in total. The van der Waals surface area contributed by atoms with Crippen molar-refractivity contribution in [3.8, 4) is 0 Å². The number of hydrogen-bond acceptors (Lipinski definition) is 3. The van der Waals surface area contributed by atoms with Gasteiger partial charge in [-0.2, -0.15) is 0 Å². The summed E-state index contributed by atoms with van der Waals surface area (Å²) in [5.41, 5.74) is 3.74. The molecule has 158 valence electrons. The Balaban J connectivity index is 2.19. The molecule has 0 radical (unpaired) electrons. The third-order valence-corrected chi connectivity index (χ3v) is 6.25. The van der Waals surface area contributed by atoms with E-state index < -0.39 is 16.1 Å². The minimum atomic E-state index is -3.62. The van der Waals surface area contributed by atoms with Gasteiger partial charge in [0.25, 0.3) is 0 Å². The normalized spacial score (nSPS) is 14.2. The molecule has 2 rings (SSSR count). The predicted molar refractivity (Wildman–Crippen MR) is 120 cm³/mol. The van der Waals surface area contributed by atoms with Crippen molar-refractivity contribution in [2.24, 2.45) is 0 Å². The summed E-state index contributed by atoms with van der Waals surface area (Å²) in [7, 11) is -3.62. The Morgan fingerprint density at radius 3 is 1.93 bits per heavy atom. The Morgan fingerprint density at radius 2 is 1.48 bits per heavy atom. The first-order valence-corrected chi connectivity index (χ1v) is 11.6. The number of rotatable bonds is 6. The lowest BCUT2D eigenvalue weighted by Gasteiger charge is -2.29. The van der Waals surface area contributed by atoms with Crippen LogP contribution in [0.5, 0.6) is 0 Å². The summed E-state index contributed by atoms with van der Waals surface area (Å²) in [6, 6.07) is 14.1. The van der Waals surface area contributed by atoms with Gasteiger partial charge in [-0.25, -0.2) is 8.42 Å². The molecule has 1 amide bonds. The van der Waals surface area contributed by atoms with Gasteiger partial charge >= 0.3 is 0 Å². The van der Waals surface area contributed by atoms with E-state index in [-0.39, 0.29) is 17.4 Å². The molecule has 2 atom stereocenters.